The second kappa shape index (κ2) is 4.34. The van der Waals surface area contributed by atoms with Crippen molar-refractivity contribution in [1.29, 1.82) is 0 Å². The summed E-state index contributed by atoms with van der Waals surface area (Å²) in [6, 6.07) is -0.524. The fraction of sp³-hybridized carbons (Fsp3) is 0.500. The number of nitrogens with zero attached hydrogens (tertiary/aromatic N) is 1. The van der Waals surface area contributed by atoms with Gasteiger partial charge < -0.3 is 5.11 Å². The summed E-state index contributed by atoms with van der Waals surface area (Å²) in [4.78, 5) is 15.7. The molecule has 1 atom stereocenters. The van der Waals surface area contributed by atoms with Crippen LogP contribution in [0.15, 0.2) is 6.20 Å². The summed E-state index contributed by atoms with van der Waals surface area (Å²) in [7, 11) is 0. The van der Waals surface area contributed by atoms with Crippen LogP contribution in [0.4, 0.5) is 0 Å². The van der Waals surface area contributed by atoms with E-state index in [-0.39, 0.29) is 0 Å². The van der Waals surface area contributed by atoms with Crippen LogP contribution in [0, 0.1) is 6.92 Å². The number of nitrogens with one attached hydrogen (secondary N) is 1. The van der Waals surface area contributed by atoms with Gasteiger partial charge in [-0.25, -0.2) is 4.98 Å². The quantitative estimate of drug-likeness (QED) is 0.761. The van der Waals surface area contributed by atoms with E-state index in [2.05, 4.69) is 10.3 Å². The summed E-state index contributed by atoms with van der Waals surface area (Å²) in [5, 5.41) is 12.4. The number of rotatable bonds is 4. The molecule has 72 valence electrons. The van der Waals surface area contributed by atoms with Crippen molar-refractivity contribution in [3.63, 3.8) is 0 Å². The van der Waals surface area contributed by atoms with Gasteiger partial charge in [0.1, 0.15) is 11.0 Å². The lowest BCUT2D eigenvalue weighted by Gasteiger charge is -2.05. The average Bonchev–Trinajstić information content (AvgIpc) is 2.47. The van der Waals surface area contributed by atoms with Gasteiger partial charge in [-0.3, -0.25) is 10.1 Å². The third-order valence-electron chi connectivity index (χ3n) is 1.60. The Bertz CT molecular complexity index is 298. The van der Waals surface area contributed by atoms with Crippen LogP contribution >= 0.6 is 11.3 Å². The molecule has 0 aliphatic carbocycles. The lowest BCUT2D eigenvalue weighted by molar-refractivity contribution is -0.139. The van der Waals surface area contributed by atoms with Gasteiger partial charge in [-0.05, 0) is 13.8 Å². The highest BCUT2D eigenvalue weighted by atomic mass is 32.1. The third kappa shape index (κ3) is 3.12. The highest BCUT2D eigenvalue weighted by Crippen LogP contribution is 2.10. The number of carbonyl (C=O) groups is 1. The molecule has 1 rings (SSSR count). The van der Waals surface area contributed by atoms with Gasteiger partial charge >= 0.3 is 5.97 Å². The molecule has 0 bridgehead atoms. The minimum Gasteiger partial charge on any atom is -0.480 e. The number of thiazole rings is 1. The normalized spacial score (nSPS) is 12.8. The SMILES string of the molecule is Cc1cnc(CNC(C)C(=O)O)s1. The first-order valence-corrected chi connectivity index (χ1v) is 4.78. The van der Waals surface area contributed by atoms with Crippen LogP contribution in [0.25, 0.3) is 0 Å². The fourth-order valence-corrected chi connectivity index (χ4v) is 1.55. The molecular weight excluding hydrogens is 188 g/mol. The van der Waals surface area contributed by atoms with E-state index in [1.807, 2.05) is 6.92 Å². The zero-order chi connectivity index (χ0) is 9.84. The van der Waals surface area contributed by atoms with E-state index in [0.29, 0.717) is 6.54 Å². The van der Waals surface area contributed by atoms with Crippen molar-refractivity contribution in [2.45, 2.75) is 26.4 Å². The number of carboxylic acid groups (broad SMARTS) is 1. The summed E-state index contributed by atoms with van der Waals surface area (Å²) in [6.07, 6.45) is 1.78. The van der Waals surface area contributed by atoms with E-state index in [0.717, 1.165) is 9.88 Å². The van der Waals surface area contributed by atoms with E-state index < -0.39 is 12.0 Å². The standard InChI is InChI=1S/C8H12N2O2S/c1-5-3-10-7(13-5)4-9-6(2)8(11)12/h3,6,9H,4H2,1-2H3,(H,11,12). The fourth-order valence-electron chi connectivity index (χ4n) is 0.811. The summed E-state index contributed by atoms with van der Waals surface area (Å²) in [6.45, 7) is 4.11. The van der Waals surface area contributed by atoms with Crippen molar-refractivity contribution < 1.29 is 9.90 Å². The Morgan fingerprint density at radius 3 is 3.00 bits per heavy atom. The third-order valence-corrected chi connectivity index (χ3v) is 2.51. The van der Waals surface area contributed by atoms with Crippen LogP contribution < -0.4 is 5.32 Å². The molecule has 2 N–H and O–H groups in total. The van der Waals surface area contributed by atoms with Gasteiger partial charge in [0.25, 0.3) is 0 Å². The maximum absolute atomic E-state index is 10.4. The van der Waals surface area contributed by atoms with Gasteiger partial charge in [-0.15, -0.1) is 11.3 Å². The second-order valence-corrected chi connectivity index (χ2v) is 4.12. The molecule has 1 heterocycles. The van der Waals surface area contributed by atoms with Gasteiger partial charge in [-0.1, -0.05) is 0 Å². The van der Waals surface area contributed by atoms with Gasteiger partial charge in [0, 0.05) is 17.6 Å². The highest BCUT2D eigenvalue weighted by molar-refractivity contribution is 7.11. The lowest BCUT2D eigenvalue weighted by Crippen LogP contribution is -2.32. The molecule has 13 heavy (non-hydrogen) atoms. The minimum absolute atomic E-state index is 0.520. The number of aromatic nitrogens is 1. The Kier molecular flexibility index (Phi) is 3.39. The zero-order valence-electron chi connectivity index (χ0n) is 7.57. The first kappa shape index (κ1) is 10.1. The van der Waals surface area contributed by atoms with Crippen LogP contribution in [0.5, 0.6) is 0 Å². The van der Waals surface area contributed by atoms with Crippen molar-refractivity contribution in [3.8, 4) is 0 Å². The first-order valence-electron chi connectivity index (χ1n) is 3.97. The Balaban J connectivity index is 2.39. The van der Waals surface area contributed by atoms with E-state index in [9.17, 15) is 4.79 Å². The van der Waals surface area contributed by atoms with E-state index in [1.165, 1.54) is 0 Å². The Labute approximate surface area is 80.6 Å². The molecule has 0 fully saturated rings. The Morgan fingerprint density at radius 2 is 2.54 bits per heavy atom. The van der Waals surface area contributed by atoms with Crippen molar-refractivity contribution in [2.24, 2.45) is 0 Å². The van der Waals surface area contributed by atoms with Crippen molar-refractivity contribution in [2.75, 3.05) is 0 Å². The molecule has 1 unspecified atom stereocenters. The molecule has 0 amide bonds. The molecule has 4 nitrogen and oxygen atoms in total. The molecule has 5 heteroatoms. The summed E-state index contributed by atoms with van der Waals surface area (Å²) >= 11 is 1.57. The predicted octanol–water partition coefficient (Wildman–Crippen LogP) is 1.01. The molecular formula is C8H12N2O2S. The van der Waals surface area contributed by atoms with E-state index >= 15 is 0 Å². The van der Waals surface area contributed by atoms with Crippen molar-refractivity contribution in [1.82, 2.24) is 10.3 Å². The Morgan fingerprint density at radius 1 is 1.85 bits per heavy atom. The van der Waals surface area contributed by atoms with Gasteiger partial charge in [-0.2, -0.15) is 0 Å². The zero-order valence-corrected chi connectivity index (χ0v) is 8.39. The van der Waals surface area contributed by atoms with Crippen LogP contribution in [0.1, 0.15) is 16.8 Å². The predicted molar refractivity (Wildman–Crippen MR) is 50.8 cm³/mol. The molecule has 0 radical (unpaired) electrons. The maximum Gasteiger partial charge on any atom is 0.320 e. The van der Waals surface area contributed by atoms with E-state index in [1.54, 1.807) is 24.5 Å². The topological polar surface area (TPSA) is 62.2 Å². The molecule has 0 aliphatic heterocycles. The number of aryl methyl sites for hydroxylation is 1. The van der Waals surface area contributed by atoms with Gasteiger partial charge in [0.05, 0.1) is 0 Å². The highest BCUT2D eigenvalue weighted by Gasteiger charge is 2.09. The van der Waals surface area contributed by atoms with Gasteiger partial charge in [0.2, 0.25) is 0 Å². The Hall–Kier alpha value is -0.940. The monoisotopic (exact) mass is 200 g/mol. The molecule has 1 aromatic rings. The average molecular weight is 200 g/mol. The number of hydrogen-bond acceptors (Lipinski definition) is 4. The van der Waals surface area contributed by atoms with Crippen LogP contribution in [-0.2, 0) is 11.3 Å². The number of hydrogen-bond donors (Lipinski definition) is 2. The first-order chi connectivity index (χ1) is 6.09. The van der Waals surface area contributed by atoms with Gasteiger partial charge in [0.15, 0.2) is 0 Å². The largest absolute Gasteiger partial charge is 0.480 e. The van der Waals surface area contributed by atoms with Crippen molar-refractivity contribution >= 4 is 17.3 Å². The molecule has 0 aromatic carbocycles. The summed E-state index contributed by atoms with van der Waals surface area (Å²) in [5.74, 6) is -0.840. The molecule has 0 saturated heterocycles. The van der Waals surface area contributed by atoms with Crippen LogP contribution in [0.2, 0.25) is 0 Å². The summed E-state index contributed by atoms with van der Waals surface area (Å²) in [5.41, 5.74) is 0. The number of aliphatic carboxylic acids is 1. The second-order valence-electron chi connectivity index (χ2n) is 2.81. The molecule has 0 aliphatic rings. The minimum atomic E-state index is -0.840. The number of carboxylic acids is 1. The smallest absolute Gasteiger partial charge is 0.320 e. The van der Waals surface area contributed by atoms with Crippen LogP contribution in [-0.4, -0.2) is 22.1 Å². The van der Waals surface area contributed by atoms with Crippen molar-refractivity contribution in [3.05, 3.63) is 16.1 Å². The van der Waals surface area contributed by atoms with Crippen LogP contribution in [0.3, 0.4) is 0 Å². The summed E-state index contributed by atoms with van der Waals surface area (Å²) < 4.78 is 0. The lowest BCUT2D eigenvalue weighted by atomic mass is 10.3. The van der Waals surface area contributed by atoms with E-state index in [4.69, 9.17) is 5.11 Å². The molecule has 1 aromatic heterocycles. The molecule has 0 spiro atoms. The molecule has 0 saturated carbocycles. The maximum atomic E-state index is 10.4.